The summed E-state index contributed by atoms with van der Waals surface area (Å²) in [6.07, 6.45) is 5.62. The van der Waals surface area contributed by atoms with E-state index >= 15 is 0 Å². The molecule has 0 bridgehead atoms. The Balaban J connectivity index is 0.000000526. The second-order valence-corrected chi connectivity index (χ2v) is 5.50. The van der Waals surface area contributed by atoms with Gasteiger partial charge in [-0.1, -0.05) is 12.1 Å². The molecule has 0 atom stereocenters. The Kier molecular flexibility index (Phi) is 4.97. The van der Waals surface area contributed by atoms with Crippen molar-refractivity contribution in [3.05, 3.63) is 53.8 Å². The summed E-state index contributed by atoms with van der Waals surface area (Å²) >= 11 is 1.43. The molecule has 4 rings (SSSR count). The average Bonchev–Trinajstić information content (AvgIpc) is 3.36. The van der Waals surface area contributed by atoms with Crippen LogP contribution in [0.2, 0.25) is 0 Å². The van der Waals surface area contributed by atoms with Gasteiger partial charge in [-0.2, -0.15) is 0 Å². The molecule has 8 heteroatoms. The van der Waals surface area contributed by atoms with Crippen LogP contribution in [-0.2, 0) is 4.79 Å². The first-order valence-corrected chi connectivity index (χ1v) is 8.07. The van der Waals surface area contributed by atoms with E-state index in [1.807, 2.05) is 30.0 Å². The van der Waals surface area contributed by atoms with Gasteiger partial charge in [-0.15, -0.1) is 0 Å². The molecule has 2 aromatic heterocycles. The lowest BCUT2D eigenvalue weighted by Gasteiger charge is -2.09. The number of aliphatic imine (C=N–C) groups is 1. The Morgan fingerprint density at radius 1 is 1.33 bits per heavy atom. The molecular weight excluding hydrogens is 326 g/mol. The largest absolute Gasteiger partial charge is 0.483 e. The molecule has 122 valence electrons. The van der Waals surface area contributed by atoms with Crippen molar-refractivity contribution in [1.29, 1.82) is 0 Å². The molecular formula is C16H15N5O2S. The zero-order valence-electron chi connectivity index (χ0n) is 12.7. The van der Waals surface area contributed by atoms with Crippen molar-refractivity contribution in [2.45, 2.75) is 0 Å². The van der Waals surface area contributed by atoms with Crippen molar-refractivity contribution >= 4 is 23.8 Å². The molecule has 2 N–H and O–H groups in total. The third-order valence-corrected chi connectivity index (χ3v) is 3.99. The molecule has 3 aromatic rings. The molecule has 0 spiro atoms. The van der Waals surface area contributed by atoms with E-state index in [2.05, 4.69) is 42.4 Å². The van der Waals surface area contributed by atoms with Crippen LogP contribution in [0.1, 0.15) is 5.56 Å². The van der Waals surface area contributed by atoms with Crippen LogP contribution in [0.25, 0.3) is 17.1 Å². The standard InChI is InChI=1S/C15H13N5S.CH2O2/c1-2-11(14-16-4-5-17-14)8-13(3-1)20-7-6-18-15(20)12-9-19-21-10-12;2-1-3/h1-3,6-10H,4-5H2,(H,16,17);1H,(H,2,3). The molecule has 1 aliphatic rings. The molecule has 0 aliphatic carbocycles. The third-order valence-electron chi connectivity index (χ3n) is 3.40. The van der Waals surface area contributed by atoms with Crippen LogP contribution >= 0.6 is 11.5 Å². The van der Waals surface area contributed by atoms with Crippen LogP contribution in [-0.4, -0.2) is 44.4 Å². The predicted molar refractivity (Wildman–Crippen MR) is 92.8 cm³/mol. The van der Waals surface area contributed by atoms with Crippen molar-refractivity contribution in [2.24, 2.45) is 4.99 Å². The van der Waals surface area contributed by atoms with Gasteiger partial charge in [-0.3, -0.25) is 14.4 Å². The maximum Gasteiger partial charge on any atom is 0.290 e. The predicted octanol–water partition coefficient (Wildman–Crippen LogP) is 2.05. The van der Waals surface area contributed by atoms with E-state index in [1.165, 1.54) is 11.5 Å². The van der Waals surface area contributed by atoms with E-state index in [0.717, 1.165) is 41.6 Å². The van der Waals surface area contributed by atoms with Gasteiger partial charge in [0.2, 0.25) is 0 Å². The van der Waals surface area contributed by atoms with Crippen molar-refractivity contribution in [1.82, 2.24) is 19.2 Å². The number of rotatable bonds is 3. The molecule has 1 aliphatic heterocycles. The number of imidazole rings is 1. The quantitative estimate of drug-likeness (QED) is 0.711. The number of aromatic nitrogens is 3. The fourth-order valence-corrected chi connectivity index (χ4v) is 2.95. The lowest BCUT2D eigenvalue weighted by molar-refractivity contribution is -0.122. The molecule has 1 aromatic carbocycles. The number of nitrogens with one attached hydrogen (secondary N) is 1. The second-order valence-electron chi connectivity index (χ2n) is 4.85. The fourth-order valence-electron chi connectivity index (χ4n) is 2.43. The Morgan fingerprint density at radius 3 is 2.92 bits per heavy atom. The summed E-state index contributed by atoms with van der Waals surface area (Å²) in [6.45, 7) is 1.51. The van der Waals surface area contributed by atoms with Crippen molar-refractivity contribution in [3.63, 3.8) is 0 Å². The van der Waals surface area contributed by atoms with Gasteiger partial charge in [0.15, 0.2) is 0 Å². The number of hydrogen-bond donors (Lipinski definition) is 2. The van der Waals surface area contributed by atoms with Gasteiger partial charge in [0.25, 0.3) is 6.47 Å². The summed E-state index contributed by atoms with van der Waals surface area (Å²) in [4.78, 5) is 17.3. The molecule has 0 amide bonds. The van der Waals surface area contributed by atoms with Gasteiger partial charge in [-0.05, 0) is 23.7 Å². The highest BCUT2D eigenvalue weighted by Crippen LogP contribution is 2.22. The minimum Gasteiger partial charge on any atom is -0.483 e. The molecule has 0 saturated heterocycles. The first-order valence-electron chi connectivity index (χ1n) is 7.23. The van der Waals surface area contributed by atoms with E-state index < -0.39 is 0 Å². The highest BCUT2D eigenvalue weighted by molar-refractivity contribution is 7.03. The van der Waals surface area contributed by atoms with Gasteiger partial charge in [0, 0.05) is 41.1 Å². The summed E-state index contributed by atoms with van der Waals surface area (Å²) in [5, 5.41) is 12.2. The number of hydrogen-bond acceptors (Lipinski definition) is 6. The molecule has 7 nitrogen and oxygen atoms in total. The molecule has 24 heavy (non-hydrogen) atoms. The maximum absolute atomic E-state index is 8.36. The zero-order chi connectivity index (χ0) is 16.8. The summed E-state index contributed by atoms with van der Waals surface area (Å²) in [5.74, 6) is 1.87. The number of nitrogens with zero attached hydrogens (tertiary/aromatic N) is 4. The van der Waals surface area contributed by atoms with E-state index in [-0.39, 0.29) is 6.47 Å². The lowest BCUT2D eigenvalue weighted by Crippen LogP contribution is -2.19. The van der Waals surface area contributed by atoms with E-state index in [1.54, 1.807) is 0 Å². The van der Waals surface area contributed by atoms with Gasteiger partial charge >= 0.3 is 0 Å². The van der Waals surface area contributed by atoms with Crippen LogP contribution in [0.3, 0.4) is 0 Å². The maximum atomic E-state index is 8.36. The Labute approximate surface area is 142 Å². The number of carboxylic acid groups (broad SMARTS) is 1. The molecule has 0 unspecified atom stereocenters. The van der Waals surface area contributed by atoms with E-state index in [0.29, 0.717) is 0 Å². The third kappa shape index (κ3) is 3.33. The van der Waals surface area contributed by atoms with Crippen molar-refractivity contribution in [2.75, 3.05) is 13.1 Å². The summed E-state index contributed by atoms with van der Waals surface area (Å²) < 4.78 is 6.22. The highest BCUT2D eigenvalue weighted by atomic mass is 32.1. The first-order chi connectivity index (χ1) is 11.8. The van der Waals surface area contributed by atoms with Crippen molar-refractivity contribution in [3.8, 4) is 17.1 Å². The number of benzene rings is 1. The highest BCUT2D eigenvalue weighted by Gasteiger charge is 2.12. The van der Waals surface area contributed by atoms with E-state index in [4.69, 9.17) is 9.90 Å². The summed E-state index contributed by atoms with van der Waals surface area (Å²) in [5.41, 5.74) is 3.21. The normalized spacial score (nSPS) is 12.8. The van der Waals surface area contributed by atoms with Gasteiger partial charge in [-0.25, -0.2) is 9.36 Å². The monoisotopic (exact) mass is 341 g/mol. The summed E-state index contributed by atoms with van der Waals surface area (Å²) in [6, 6.07) is 8.32. The average molecular weight is 341 g/mol. The fraction of sp³-hybridized carbons (Fsp3) is 0.125. The van der Waals surface area contributed by atoms with Crippen LogP contribution < -0.4 is 5.32 Å². The SMILES string of the molecule is O=CO.c1cc(C2=NCCN2)cc(-n2ccnc2-c2cnsc2)c1. The second kappa shape index (κ2) is 7.51. The van der Waals surface area contributed by atoms with Crippen LogP contribution in [0.5, 0.6) is 0 Å². The van der Waals surface area contributed by atoms with Gasteiger partial charge in [0.05, 0.1) is 12.7 Å². The zero-order valence-corrected chi connectivity index (χ0v) is 13.5. The molecule has 0 saturated carbocycles. The van der Waals surface area contributed by atoms with Crippen molar-refractivity contribution < 1.29 is 9.90 Å². The van der Waals surface area contributed by atoms with Gasteiger partial charge < -0.3 is 10.4 Å². The Bertz CT molecular complexity index is 842. The minimum atomic E-state index is -0.250. The minimum absolute atomic E-state index is 0.250. The summed E-state index contributed by atoms with van der Waals surface area (Å²) in [7, 11) is 0. The molecule has 0 fully saturated rings. The Morgan fingerprint density at radius 2 is 2.21 bits per heavy atom. The van der Waals surface area contributed by atoms with Gasteiger partial charge in [0.1, 0.15) is 11.7 Å². The van der Waals surface area contributed by atoms with Crippen LogP contribution in [0.4, 0.5) is 0 Å². The number of amidine groups is 1. The number of carbonyl (C=O) groups is 1. The van der Waals surface area contributed by atoms with Crippen LogP contribution in [0.15, 0.2) is 53.2 Å². The lowest BCUT2D eigenvalue weighted by atomic mass is 10.1. The molecule has 0 radical (unpaired) electrons. The molecule has 3 heterocycles. The topological polar surface area (TPSA) is 92.4 Å². The Hall–Kier alpha value is -3.00. The van der Waals surface area contributed by atoms with Crippen LogP contribution in [0, 0.1) is 0 Å². The van der Waals surface area contributed by atoms with E-state index in [9.17, 15) is 0 Å². The smallest absolute Gasteiger partial charge is 0.290 e. The first kappa shape index (κ1) is 15.9.